The fourth-order valence-electron chi connectivity index (χ4n) is 3.32. The van der Waals surface area contributed by atoms with Crippen LogP contribution in [-0.2, 0) is 10.5 Å². The van der Waals surface area contributed by atoms with E-state index in [9.17, 15) is 14.0 Å². The third kappa shape index (κ3) is 3.84. The van der Waals surface area contributed by atoms with Crippen LogP contribution in [0.4, 0.5) is 10.2 Å². The van der Waals surface area contributed by atoms with Crippen LogP contribution in [0.5, 0.6) is 0 Å². The molecule has 0 saturated heterocycles. The number of H-pyrrole nitrogens is 1. The van der Waals surface area contributed by atoms with Crippen molar-refractivity contribution in [3.05, 3.63) is 87.0 Å². The van der Waals surface area contributed by atoms with Crippen LogP contribution in [0.25, 0.3) is 0 Å². The standard InChI is InChI=1S/C21H18FN3O2S/c1-12-3-2-4-14(9-12)16-10-17(26)23-19-18(16)20(27)25-21(24-19)28-11-13-5-7-15(22)8-6-13/h2-9,16H,10-11H2,1H3,(H2,23,24,25,26,27). The number of hydrogen-bond acceptors (Lipinski definition) is 4. The van der Waals surface area contributed by atoms with E-state index in [4.69, 9.17) is 0 Å². The van der Waals surface area contributed by atoms with Crippen molar-refractivity contribution in [2.75, 3.05) is 5.32 Å². The summed E-state index contributed by atoms with van der Waals surface area (Å²) in [4.78, 5) is 32.3. The highest BCUT2D eigenvalue weighted by atomic mass is 32.2. The molecule has 2 N–H and O–H groups in total. The number of carbonyl (C=O) groups excluding carboxylic acids is 1. The number of aromatic nitrogens is 2. The minimum absolute atomic E-state index is 0.161. The molecule has 1 aliphatic rings. The third-order valence-electron chi connectivity index (χ3n) is 4.66. The number of amides is 1. The summed E-state index contributed by atoms with van der Waals surface area (Å²) in [6.07, 6.45) is 0.212. The van der Waals surface area contributed by atoms with Gasteiger partial charge in [0, 0.05) is 18.1 Å². The molecular weight excluding hydrogens is 377 g/mol. The number of benzene rings is 2. The van der Waals surface area contributed by atoms with Gasteiger partial charge in [0.25, 0.3) is 5.56 Å². The number of fused-ring (bicyclic) bond motifs is 1. The minimum Gasteiger partial charge on any atom is -0.310 e. The average molecular weight is 395 g/mol. The lowest BCUT2D eigenvalue weighted by atomic mass is 9.86. The summed E-state index contributed by atoms with van der Waals surface area (Å²) in [5, 5.41) is 3.14. The lowest BCUT2D eigenvalue weighted by Crippen LogP contribution is -2.31. The van der Waals surface area contributed by atoms with Gasteiger partial charge in [-0.15, -0.1) is 0 Å². The molecule has 1 atom stereocenters. The van der Waals surface area contributed by atoms with Crippen LogP contribution < -0.4 is 10.9 Å². The largest absolute Gasteiger partial charge is 0.310 e. The van der Waals surface area contributed by atoms with Crippen molar-refractivity contribution in [3.63, 3.8) is 0 Å². The molecule has 0 bridgehead atoms. The fourth-order valence-corrected chi connectivity index (χ4v) is 4.14. The second-order valence-corrected chi connectivity index (χ2v) is 7.73. The Morgan fingerprint density at radius 3 is 2.71 bits per heavy atom. The molecule has 0 radical (unpaired) electrons. The van der Waals surface area contributed by atoms with Gasteiger partial charge < -0.3 is 10.3 Å². The smallest absolute Gasteiger partial charge is 0.257 e. The SMILES string of the molecule is Cc1cccc(C2CC(=O)Nc3nc(SCc4ccc(F)cc4)[nH]c(=O)c32)c1. The first kappa shape index (κ1) is 18.4. The zero-order chi connectivity index (χ0) is 19.7. The first-order valence-corrected chi connectivity index (χ1v) is 9.86. The lowest BCUT2D eigenvalue weighted by molar-refractivity contribution is -0.116. The fraction of sp³-hybridized carbons (Fsp3) is 0.190. The summed E-state index contributed by atoms with van der Waals surface area (Å²) in [6.45, 7) is 1.98. The van der Waals surface area contributed by atoms with Crippen LogP contribution in [-0.4, -0.2) is 15.9 Å². The molecule has 3 aromatic rings. The Kier molecular flexibility index (Phi) is 5.00. The topological polar surface area (TPSA) is 74.8 Å². The van der Waals surface area contributed by atoms with Crippen LogP contribution in [0.2, 0.25) is 0 Å². The zero-order valence-corrected chi connectivity index (χ0v) is 16.0. The van der Waals surface area contributed by atoms with E-state index in [-0.39, 0.29) is 29.6 Å². The highest BCUT2D eigenvalue weighted by Crippen LogP contribution is 2.34. The van der Waals surface area contributed by atoms with Crippen LogP contribution in [0.3, 0.4) is 0 Å². The number of thioether (sulfide) groups is 1. The predicted octanol–water partition coefficient (Wildman–Crippen LogP) is 3.98. The highest BCUT2D eigenvalue weighted by Gasteiger charge is 2.30. The van der Waals surface area contributed by atoms with Gasteiger partial charge in [0.1, 0.15) is 11.6 Å². The van der Waals surface area contributed by atoms with Gasteiger partial charge in [0.05, 0.1) is 5.56 Å². The molecule has 0 aliphatic carbocycles. The van der Waals surface area contributed by atoms with Gasteiger partial charge in [-0.2, -0.15) is 0 Å². The van der Waals surface area contributed by atoms with Gasteiger partial charge in [-0.05, 0) is 30.2 Å². The van der Waals surface area contributed by atoms with Gasteiger partial charge >= 0.3 is 0 Å². The lowest BCUT2D eigenvalue weighted by Gasteiger charge is -2.24. The number of anilines is 1. The Morgan fingerprint density at radius 1 is 1.18 bits per heavy atom. The maximum atomic E-state index is 13.0. The Bertz CT molecular complexity index is 1100. The molecule has 0 spiro atoms. The molecule has 1 unspecified atom stereocenters. The second kappa shape index (κ2) is 7.59. The molecule has 1 aliphatic heterocycles. The first-order valence-electron chi connectivity index (χ1n) is 8.87. The molecule has 0 saturated carbocycles. The van der Waals surface area contributed by atoms with E-state index in [1.165, 1.54) is 23.9 Å². The zero-order valence-electron chi connectivity index (χ0n) is 15.2. The van der Waals surface area contributed by atoms with Gasteiger partial charge in [-0.1, -0.05) is 53.7 Å². The van der Waals surface area contributed by atoms with Gasteiger partial charge in [-0.3, -0.25) is 9.59 Å². The van der Waals surface area contributed by atoms with E-state index in [1.807, 2.05) is 31.2 Å². The molecule has 5 nitrogen and oxygen atoms in total. The number of aryl methyl sites for hydroxylation is 1. The Morgan fingerprint density at radius 2 is 1.96 bits per heavy atom. The number of hydrogen-bond donors (Lipinski definition) is 2. The average Bonchev–Trinajstić information content (AvgIpc) is 2.66. The summed E-state index contributed by atoms with van der Waals surface area (Å²) in [7, 11) is 0. The van der Waals surface area contributed by atoms with Crippen molar-refractivity contribution in [1.29, 1.82) is 0 Å². The first-order chi connectivity index (χ1) is 13.5. The number of halogens is 1. The molecule has 2 heterocycles. The highest BCUT2D eigenvalue weighted by molar-refractivity contribution is 7.98. The summed E-state index contributed by atoms with van der Waals surface area (Å²) in [5.41, 5.74) is 3.14. The summed E-state index contributed by atoms with van der Waals surface area (Å²) < 4.78 is 13.0. The van der Waals surface area contributed by atoms with Crippen LogP contribution in [0.15, 0.2) is 58.5 Å². The maximum absolute atomic E-state index is 13.0. The number of aromatic amines is 1. The van der Waals surface area contributed by atoms with Gasteiger partial charge in [0.15, 0.2) is 5.16 Å². The van der Waals surface area contributed by atoms with Crippen molar-refractivity contribution in [1.82, 2.24) is 9.97 Å². The van der Waals surface area contributed by atoms with E-state index in [2.05, 4.69) is 15.3 Å². The minimum atomic E-state index is -0.323. The van der Waals surface area contributed by atoms with Crippen LogP contribution in [0.1, 0.15) is 34.6 Å². The van der Waals surface area contributed by atoms with Crippen molar-refractivity contribution >= 4 is 23.5 Å². The Labute approximate surface area is 165 Å². The van der Waals surface area contributed by atoms with Crippen molar-refractivity contribution < 1.29 is 9.18 Å². The van der Waals surface area contributed by atoms with Crippen molar-refractivity contribution in [3.8, 4) is 0 Å². The molecule has 2 aromatic carbocycles. The number of rotatable bonds is 4. The van der Waals surface area contributed by atoms with E-state index in [1.54, 1.807) is 12.1 Å². The third-order valence-corrected chi connectivity index (χ3v) is 5.61. The molecule has 7 heteroatoms. The van der Waals surface area contributed by atoms with Crippen LogP contribution in [0, 0.1) is 12.7 Å². The van der Waals surface area contributed by atoms with Gasteiger partial charge in [-0.25, -0.2) is 9.37 Å². The molecular formula is C21H18FN3O2S. The second-order valence-electron chi connectivity index (χ2n) is 6.77. The van der Waals surface area contributed by atoms with Crippen LogP contribution >= 0.6 is 11.8 Å². The number of nitrogens with zero attached hydrogens (tertiary/aromatic N) is 1. The molecule has 1 aromatic heterocycles. The summed E-state index contributed by atoms with van der Waals surface area (Å²) in [5.74, 6) is 0.0618. The molecule has 0 fully saturated rings. The van der Waals surface area contributed by atoms with E-state index in [0.29, 0.717) is 22.3 Å². The molecule has 28 heavy (non-hydrogen) atoms. The Hall–Kier alpha value is -2.93. The predicted molar refractivity (Wildman–Crippen MR) is 107 cm³/mol. The number of carbonyl (C=O) groups is 1. The normalized spacial score (nSPS) is 15.8. The quantitative estimate of drug-likeness (QED) is 0.518. The summed E-state index contributed by atoms with van der Waals surface area (Å²) >= 11 is 1.33. The summed E-state index contributed by atoms with van der Waals surface area (Å²) in [6, 6.07) is 14.0. The molecule has 4 rings (SSSR count). The molecule has 1 amide bonds. The van der Waals surface area contributed by atoms with Crippen molar-refractivity contribution in [2.24, 2.45) is 0 Å². The molecule has 142 valence electrons. The maximum Gasteiger partial charge on any atom is 0.257 e. The van der Waals surface area contributed by atoms with E-state index < -0.39 is 0 Å². The number of nitrogens with one attached hydrogen (secondary N) is 2. The van der Waals surface area contributed by atoms with E-state index >= 15 is 0 Å². The van der Waals surface area contributed by atoms with Crippen molar-refractivity contribution in [2.45, 2.75) is 30.2 Å². The van der Waals surface area contributed by atoms with E-state index in [0.717, 1.165) is 16.7 Å². The van der Waals surface area contributed by atoms with Gasteiger partial charge in [0.2, 0.25) is 5.91 Å². The Balaban J connectivity index is 1.65. The monoisotopic (exact) mass is 395 g/mol.